The summed E-state index contributed by atoms with van der Waals surface area (Å²) in [5, 5.41) is 46.1. The second-order valence-electron chi connectivity index (χ2n) is 35.9. The molecule has 6 aromatic heterocycles. The molecule has 0 saturated carbocycles. The minimum Gasteiger partial charge on any atom is -0.497 e. The second-order valence-corrected chi connectivity index (χ2v) is 40.2. The van der Waals surface area contributed by atoms with Gasteiger partial charge in [0.25, 0.3) is 0 Å². The number of nitrogens with one attached hydrogen (secondary N) is 2. The average molecular weight is 1820 g/mol. The van der Waals surface area contributed by atoms with Crippen LogP contribution in [0.25, 0.3) is 21.8 Å². The van der Waals surface area contributed by atoms with Crippen LogP contribution in [0.2, 0.25) is 0 Å². The molecule has 8 aliphatic rings. The molecule has 18 rings (SSSR count). The van der Waals surface area contributed by atoms with Crippen LogP contribution in [-0.2, 0) is 116 Å². The molecule has 0 bridgehead atoms. The Bertz CT molecular complexity index is 5770. The number of nitriles is 4. The molecule has 0 amide bonds. The number of nitrogens with zero attached hydrogens (tertiary/aromatic N) is 13. The zero-order valence-electron chi connectivity index (χ0n) is 75.9. The number of hydrogen-bond donors (Lipinski definition) is 2. The lowest BCUT2D eigenvalue weighted by Crippen LogP contribution is -2.48. The number of anilines is 4. The number of aryl methyl sites for hydroxylation is 4. The van der Waals surface area contributed by atoms with Crippen molar-refractivity contribution in [2.75, 3.05) is 175 Å². The number of morpholine rings is 3. The molecule has 0 aliphatic carbocycles. The van der Waals surface area contributed by atoms with Crippen molar-refractivity contribution in [3.63, 3.8) is 0 Å². The summed E-state index contributed by atoms with van der Waals surface area (Å²) >= 11 is 6.61. The first kappa shape index (κ1) is 94.1. The highest BCUT2D eigenvalue weighted by molar-refractivity contribution is 8.00. The van der Waals surface area contributed by atoms with E-state index in [0.717, 1.165) is 255 Å². The third-order valence-electron chi connectivity index (χ3n) is 24.8. The number of aromatic amines is 2. The van der Waals surface area contributed by atoms with Crippen molar-refractivity contribution in [2.24, 2.45) is 0 Å². The van der Waals surface area contributed by atoms with Gasteiger partial charge in [0, 0.05) is 184 Å². The summed E-state index contributed by atoms with van der Waals surface area (Å²) in [5.74, 6) is 7.78. The molecular weight excluding hydrogens is 1700 g/mol. The van der Waals surface area contributed by atoms with E-state index in [4.69, 9.17) is 62.6 Å². The van der Waals surface area contributed by atoms with Crippen LogP contribution in [0.3, 0.4) is 0 Å². The topological polar surface area (TPSA) is 278 Å². The van der Waals surface area contributed by atoms with Gasteiger partial charge in [-0.25, -0.2) is 24.3 Å². The van der Waals surface area contributed by atoms with Gasteiger partial charge in [0.2, 0.25) is 0 Å². The van der Waals surface area contributed by atoms with E-state index in [1.54, 1.807) is 73.4 Å². The van der Waals surface area contributed by atoms with Gasteiger partial charge in [-0.2, -0.15) is 21.0 Å². The van der Waals surface area contributed by atoms with Crippen molar-refractivity contribution < 1.29 is 47.0 Å². The van der Waals surface area contributed by atoms with Crippen molar-refractivity contribution in [2.45, 2.75) is 176 Å². The number of piperazine rings is 1. The quantitative estimate of drug-likeness (QED) is 0.0532. The molecule has 0 atom stereocenters. The van der Waals surface area contributed by atoms with Crippen molar-refractivity contribution in [3.8, 4) is 30.0 Å². The summed E-state index contributed by atoms with van der Waals surface area (Å²) in [7, 11) is 3.44. The lowest BCUT2D eigenvalue weighted by molar-refractivity contribution is -0.0405. The molecule has 4 aromatic carbocycles. The number of halogens is 1. The van der Waals surface area contributed by atoms with Crippen LogP contribution in [0.1, 0.15) is 144 Å². The van der Waals surface area contributed by atoms with Gasteiger partial charge in [0.1, 0.15) is 79.2 Å². The summed E-state index contributed by atoms with van der Waals surface area (Å²) in [4.78, 5) is 38.4. The molecule has 14 heterocycles. The van der Waals surface area contributed by atoms with Crippen molar-refractivity contribution in [1.82, 2.24) is 34.8 Å². The van der Waals surface area contributed by atoms with Crippen LogP contribution in [-0.4, -0.2) is 213 Å². The maximum atomic E-state index is 13.5. The Morgan fingerprint density at radius 3 is 1.08 bits per heavy atom. The number of ether oxygens (including phenoxy) is 9. The van der Waals surface area contributed by atoms with E-state index in [-0.39, 0.29) is 28.2 Å². The molecule has 8 aliphatic heterocycles. The van der Waals surface area contributed by atoms with Crippen LogP contribution in [0.15, 0.2) is 130 Å². The van der Waals surface area contributed by atoms with E-state index in [2.05, 4.69) is 181 Å². The van der Waals surface area contributed by atoms with Gasteiger partial charge in [0.05, 0.1) is 124 Å². The molecule has 0 unspecified atom stereocenters. The van der Waals surface area contributed by atoms with E-state index < -0.39 is 0 Å². The number of rotatable bonds is 24. The van der Waals surface area contributed by atoms with Gasteiger partial charge in [0.15, 0.2) is 0 Å². The molecular formula is C100H118FN15O9S4. The first-order valence-corrected chi connectivity index (χ1v) is 48.8. The first-order chi connectivity index (χ1) is 62.5. The summed E-state index contributed by atoms with van der Waals surface area (Å²) in [6.45, 7) is 33.1. The molecule has 10 aromatic rings. The molecule has 678 valence electrons. The summed E-state index contributed by atoms with van der Waals surface area (Å²) < 4.78 is 65.1. The Morgan fingerprint density at radius 1 is 0.403 bits per heavy atom. The monoisotopic (exact) mass is 1820 g/mol. The third kappa shape index (κ3) is 23.3. The number of para-hydroxylation sites is 2. The van der Waals surface area contributed by atoms with Crippen LogP contribution in [0.5, 0.6) is 5.75 Å². The summed E-state index contributed by atoms with van der Waals surface area (Å²) in [6.07, 6.45) is 10.5. The van der Waals surface area contributed by atoms with E-state index >= 15 is 0 Å². The lowest BCUT2D eigenvalue weighted by atomic mass is 9.89. The number of H-pyrrole nitrogens is 2. The fourth-order valence-electron chi connectivity index (χ4n) is 17.8. The van der Waals surface area contributed by atoms with Crippen LogP contribution < -0.4 is 24.3 Å². The van der Waals surface area contributed by atoms with Crippen LogP contribution in [0, 0.1) is 51.1 Å². The van der Waals surface area contributed by atoms with E-state index in [1.807, 2.05) is 24.3 Å². The maximum absolute atomic E-state index is 13.5. The average Bonchev–Trinajstić information content (AvgIpc) is 1.64. The zero-order chi connectivity index (χ0) is 90.2. The highest BCUT2D eigenvalue weighted by atomic mass is 32.2. The predicted molar refractivity (Wildman–Crippen MR) is 509 cm³/mol. The predicted octanol–water partition coefficient (Wildman–Crippen LogP) is 16.9. The third-order valence-corrected chi connectivity index (χ3v) is 28.7. The summed E-state index contributed by atoms with van der Waals surface area (Å²) in [5.41, 5.74) is 17.4. The van der Waals surface area contributed by atoms with Gasteiger partial charge in [-0.1, -0.05) is 60.7 Å². The smallest absolute Gasteiger partial charge is 0.135 e. The highest BCUT2D eigenvalue weighted by Crippen LogP contribution is 2.45. The van der Waals surface area contributed by atoms with E-state index in [9.17, 15) is 25.4 Å². The Kier molecular flexibility index (Phi) is 31.6. The highest BCUT2D eigenvalue weighted by Gasteiger charge is 2.39. The van der Waals surface area contributed by atoms with Gasteiger partial charge < -0.3 is 72.2 Å². The van der Waals surface area contributed by atoms with Crippen molar-refractivity contribution in [1.29, 1.82) is 21.0 Å². The number of methoxy groups -OCH3 is 2. The number of benzene rings is 4. The van der Waals surface area contributed by atoms with Crippen LogP contribution >= 0.6 is 47.0 Å². The number of hydrogen-bond acceptors (Lipinski definition) is 26. The fraction of sp³-hybridized carbons (Fsp3) is 0.480. The molecule has 2 N–H and O–H groups in total. The van der Waals surface area contributed by atoms with Gasteiger partial charge >= 0.3 is 0 Å². The molecule has 4 fully saturated rings. The second kappa shape index (κ2) is 43.2. The largest absolute Gasteiger partial charge is 0.497 e. The molecule has 4 saturated heterocycles. The molecule has 24 nitrogen and oxygen atoms in total. The molecule has 29 heteroatoms. The van der Waals surface area contributed by atoms with Gasteiger partial charge in [-0.15, -0.1) is 47.0 Å². The van der Waals surface area contributed by atoms with E-state index in [0.29, 0.717) is 96.5 Å². The maximum Gasteiger partial charge on any atom is 0.135 e. The van der Waals surface area contributed by atoms with Crippen molar-refractivity contribution >= 4 is 92.1 Å². The van der Waals surface area contributed by atoms with Crippen molar-refractivity contribution in [3.05, 3.63) is 204 Å². The Labute approximate surface area is 774 Å². The number of fused-ring (bicyclic) bond motifs is 6. The Morgan fingerprint density at radius 2 is 0.736 bits per heavy atom. The lowest BCUT2D eigenvalue weighted by Gasteiger charge is -2.39. The van der Waals surface area contributed by atoms with Gasteiger partial charge in [-0.3, -0.25) is 4.90 Å². The molecule has 129 heavy (non-hydrogen) atoms. The zero-order valence-corrected chi connectivity index (χ0v) is 79.2. The standard InChI is InChI=1S/C28H35N5O2S.C25H28N4O2S.C24H29N3O3S.C23H26FN3O2S/c1-28(2)16-22-23(17-29)27(36-15-8-20-18-30-25-7-5-4-6-21(20)25)31-26(24(22)19-35-28)33-11-9-32(10-12-33)13-14-34-3;1-25(2)13-19-20(14-26)24(28-23(21(19)16-31-25)29-8-10-30-11-9-29)32-12-7-17-15-27-22-6-4-3-5-18(17)22;1-24(2)14-19-20(15-25)23(31-12-7-17-5-4-6-18(13-17)28-3)26-22(21(19)16-30-24)27-8-10-29-11-9-27;1-23(2)13-18-19(14-25)22(30-11-6-16-4-3-5-17(24)12-16)26-21(20(18)15-29-23)27-7-9-28-10-8-27/h4-7,18,30H,8-16,19H2,1-3H3;3-6,15,27H,7-13,16H2,1-2H3;4-6,13H,7-12,14,16H2,1-3H3;3-5,12H,6-11,13,15H2,1-2H3. The number of thioether (sulfide) groups is 4. The first-order valence-electron chi connectivity index (χ1n) is 44.8. The minimum absolute atomic E-state index is 0.223. The Balaban J connectivity index is 0.000000132. The Hall–Kier alpha value is -9.51. The fourth-order valence-corrected chi connectivity index (χ4v) is 21.7. The van der Waals surface area contributed by atoms with Crippen LogP contribution in [0.4, 0.5) is 27.7 Å². The minimum atomic E-state index is -0.314. The SMILES string of the molecule is CC1(C)Cc2c(C#N)c(SCCc3c[nH]c4ccccc34)nc(N3CCOCC3)c2CO1.CC1(C)Cc2c(C#N)c(SCCc3cccc(F)c3)nc(N3CCOCC3)c2CO1.COCCN1CCN(c2nc(SCCc3c[nH]c4ccccc34)c(C#N)c3c2COC(C)(C)C3)CC1.COc1cccc(CCSc2nc(N3CCOCC3)c3c(c2C#N)CC(C)(C)OC3)c1. The number of aromatic nitrogens is 6. The number of pyridine rings is 4. The van der Waals surface area contributed by atoms with Gasteiger partial charge in [-0.05, 0) is 162 Å². The summed E-state index contributed by atoms with van der Waals surface area (Å²) in [6, 6.07) is 41.4. The molecule has 0 spiro atoms. The molecule has 0 radical (unpaired) electrons. The van der Waals surface area contributed by atoms with E-state index in [1.165, 1.54) is 33.5 Å². The normalized spacial score (nSPS) is 17.8.